The van der Waals surface area contributed by atoms with Gasteiger partial charge in [-0.25, -0.2) is 0 Å². The van der Waals surface area contributed by atoms with Crippen LogP contribution in [0.4, 0.5) is 0 Å². The van der Waals surface area contributed by atoms with Crippen molar-refractivity contribution in [2.45, 2.75) is 12.3 Å². The fraction of sp³-hybridized carbons (Fsp3) is 0.571. The van der Waals surface area contributed by atoms with Crippen molar-refractivity contribution in [2.75, 3.05) is 39.9 Å². The summed E-state index contributed by atoms with van der Waals surface area (Å²) in [5.41, 5.74) is 3.06. The maximum absolute atomic E-state index is 4.97. The van der Waals surface area contributed by atoms with E-state index in [1.807, 2.05) is 0 Å². The molecule has 0 aromatic heterocycles. The van der Waals surface area contributed by atoms with E-state index < -0.39 is 0 Å². The van der Waals surface area contributed by atoms with Crippen LogP contribution in [0.5, 0.6) is 0 Å². The molecule has 1 atom stereocenters. The second kappa shape index (κ2) is 6.74. The highest BCUT2D eigenvalue weighted by molar-refractivity contribution is 5.40. The first kappa shape index (κ1) is 12.6. The molecule has 1 unspecified atom stereocenters. The molecule has 1 aliphatic carbocycles. The number of methoxy groups -OCH3 is 1. The Hall–Kier alpha value is -0.900. The predicted octanol–water partition coefficient (Wildman–Crippen LogP) is 1.15. The van der Waals surface area contributed by atoms with Crippen molar-refractivity contribution < 1.29 is 4.74 Å². The number of ether oxygens (including phenoxy) is 1. The van der Waals surface area contributed by atoms with E-state index in [-0.39, 0.29) is 0 Å². The minimum atomic E-state index is 0.727. The number of benzene rings is 1. The zero-order chi connectivity index (χ0) is 11.9. The molecule has 94 valence electrons. The zero-order valence-electron chi connectivity index (χ0n) is 10.5. The molecule has 0 amide bonds. The molecule has 0 aliphatic heterocycles. The lowest BCUT2D eigenvalue weighted by Crippen LogP contribution is -2.34. The molecule has 0 saturated carbocycles. The first-order valence-electron chi connectivity index (χ1n) is 6.40. The van der Waals surface area contributed by atoms with Crippen molar-refractivity contribution >= 4 is 0 Å². The Kier molecular flexibility index (Phi) is 4.98. The minimum absolute atomic E-state index is 0.727. The molecule has 0 heterocycles. The van der Waals surface area contributed by atoms with Gasteiger partial charge in [-0.1, -0.05) is 24.3 Å². The third kappa shape index (κ3) is 3.53. The summed E-state index contributed by atoms with van der Waals surface area (Å²) in [6.45, 7) is 4.86. The van der Waals surface area contributed by atoms with Gasteiger partial charge in [-0.3, -0.25) is 0 Å². The van der Waals surface area contributed by atoms with Gasteiger partial charge in [-0.05, 0) is 17.5 Å². The third-order valence-corrected chi connectivity index (χ3v) is 3.31. The van der Waals surface area contributed by atoms with Gasteiger partial charge in [0.15, 0.2) is 0 Å². The summed E-state index contributed by atoms with van der Waals surface area (Å²) in [4.78, 5) is 0. The van der Waals surface area contributed by atoms with Crippen LogP contribution in [-0.2, 0) is 11.2 Å². The lowest BCUT2D eigenvalue weighted by molar-refractivity contribution is 0.199. The Morgan fingerprint density at radius 3 is 2.82 bits per heavy atom. The molecular formula is C14H22N2O. The molecule has 17 heavy (non-hydrogen) atoms. The quantitative estimate of drug-likeness (QED) is 0.662. The van der Waals surface area contributed by atoms with Gasteiger partial charge >= 0.3 is 0 Å². The Morgan fingerprint density at radius 2 is 2.00 bits per heavy atom. The monoisotopic (exact) mass is 234 g/mol. The maximum Gasteiger partial charge on any atom is 0.0587 e. The predicted molar refractivity (Wildman–Crippen MR) is 70.5 cm³/mol. The molecule has 2 N–H and O–H groups in total. The molecule has 3 nitrogen and oxygen atoms in total. The summed E-state index contributed by atoms with van der Waals surface area (Å²) < 4.78 is 4.97. The number of rotatable bonds is 8. The Morgan fingerprint density at radius 1 is 1.18 bits per heavy atom. The zero-order valence-corrected chi connectivity index (χ0v) is 10.5. The molecule has 0 saturated heterocycles. The van der Waals surface area contributed by atoms with Crippen molar-refractivity contribution in [3.63, 3.8) is 0 Å². The van der Waals surface area contributed by atoms with Crippen LogP contribution in [0.1, 0.15) is 17.0 Å². The van der Waals surface area contributed by atoms with E-state index in [2.05, 4.69) is 34.9 Å². The third-order valence-electron chi connectivity index (χ3n) is 3.31. The van der Waals surface area contributed by atoms with Gasteiger partial charge in [0.2, 0.25) is 0 Å². The highest BCUT2D eigenvalue weighted by Crippen LogP contribution is 2.33. The van der Waals surface area contributed by atoms with Crippen LogP contribution in [0.3, 0.4) is 0 Å². The van der Waals surface area contributed by atoms with Gasteiger partial charge in [0, 0.05) is 39.2 Å². The highest BCUT2D eigenvalue weighted by atomic mass is 16.5. The molecule has 1 aromatic carbocycles. The molecule has 3 heteroatoms. The van der Waals surface area contributed by atoms with E-state index in [9.17, 15) is 0 Å². The molecule has 1 aliphatic rings. The van der Waals surface area contributed by atoms with Crippen LogP contribution in [0.2, 0.25) is 0 Å². The topological polar surface area (TPSA) is 33.3 Å². The van der Waals surface area contributed by atoms with Crippen LogP contribution in [0.25, 0.3) is 0 Å². The summed E-state index contributed by atoms with van der Waals surface area (Å²) in [7, 11) is 1.73. The average molecular weight is 234 g/mol. The number of hydrogen-bond acceptors (Lipinski definition) is 3. The highest BCUT2D eigenvalue weighted by Gasteiger charge is 2.24. The van der Waals surface area contributed by atoms with Gasteiger partial charge in [0.05, 0.1) is 6.61 Å². The standard InChI is InChI=1S/C14H22N2O/c1-17-9-8-15-6-7-16-11-13-10-12-4-2-3-5-14(12)13/h2-5,13,15-16H,6-11H2,1H3. The smallest absolute Gasteiger partial charge is 0.0587 e. The van der Waals surface area contributed by atoms with Crippen LogP contribution in [-0.4, -0.2) is 39.9 Å². The van der Waals surface area contributed by atoms with Crippen LogP contribution < -0.4 is 10.6 Å². The Balaban J connectivity index is 1.53. The average Bonchev–Trinajstić information content (AvgIpc) is 2.33. The fourth-order valence-corrected chi connectivity index (χ4v) is 2.30. The van der Waals surface area contributed by atoms with E-state index in [1.54, 1.807) is 7.11 Å². The number of hydrogen-bond donors (Lipinski definition) is 2. The number of fused-ring (bicyclic) bond motifs is 1. The van der Waals surface area contributed by atoms with E-state index in [0.717, 1.165) is 38.7 Å². The van der Waals surface area contributed by atoms with E-state index in [0.29, 0.717) is 0 Å². The van der Waals surface area contributed by atoms with Gasteiger partial charge in [0.25, 0.3) is 0 Å². The van der Waals surface area contributed by atoms with E-state index in [1.165, 1.54) is 17.5 Å². The Bertz CT molecular complexity index is 341. The van der Waals surface area contributed by atoms with Crippen molar-refractivity contribution in [1.82, 2.24) is 10.6 Å². The first-order chi connectivity index (χ1) is 8.42. The molecule has 2 rings (SSSR count). The van der Waals surface area contributed by atoms with E-state index >= 15 is 0 Å². The summed E-state index contributed by atoms with van der Waals surface area (Å²) >= 11 is 0. The molecule has 0 spiro atoms. The maximum atomic E-state index is 4.97. The first-order valence-corrected chi connectivity index (χ1v) is 6.40. The van der Waals surface area contributed by atoms with Gasteiger partial charge in [-0.2, -0.15) is 0 Å². The second-order valence-electron chi connectivity index (χ2n) is 4.55. The summed E-state index contributed by atoms with van der Waals surface area (Å²) in [5, 5.41) is 6.83. The van der Waals surface area contributed by atoms with Crippen molar-refractivity contribution in [3.8, 4) is 0 Å². The summed E-state index contributed by atoms with van der Waals surface area (Å²) in [6, 6.07) is 8.75. The van der Waals surface area contributed by atoms with Crippen LogP contribution in [0.15, 0.2) is 24.3 Å². The van der Waals surface area contributed by atoms with Crippen LogP contribution in [0, 0.1) is 0 Å². The molecule has 0 bridgehead atoms. The molecule has 0 fully saturated rings. The lowest BCUT2D eigenvalue weighted by Gasteiger charge is -2.30. The van der Waals surface area contributed by atoms with Crippen molar-refractivity contribution in [2.24, 2.45) is 0 Å². The van der Waals surface area contributed by atoms with Gasteiger partial charge in [0.1, 0.15) is 0 Å². The van der Waals surface area contributed by atoms with Gasteiger partial charge < -0.3 is 15.4 Å². The molecular weight excluding hydrogens is 212 g/mol. The number of nitrogens with one attached hydrogen (secondary N) is 2. The van der Waals surface area contributed by atoms with E-state index in [4.69, 9.17) is 4.74 Å². The summed E-state index contributed by atoms with van der Waals surface area (Å²) in [6.07, 6.45) is 1.24. The van der Waals surface area contributed by atoms with Gasteiger partial charge in [-0.15, -0.1) is 0 Å². The van der Waals surface area contributed by atoms with Crippen molar-refractivity contribution in [1.29, 1.82) is 0 Å². The Labute approximate surface area is 104 Å². The molecule has 0 radical (unpaired) electrons. The van der Waals surface area contributed by atoms with Crippen LogP contribution >= 0.6 is 0 Å². The molecule has 1 aromatic rings. The fourth-order valence-electron chi connectivity index (χ4n) is 2.30. The SMILES string of the molecule is COCCNCCNCC1Cc2ccccc21. The minimum Gasteiger partial charge on any atom is -0.383 e. The van der Waals surface area contributed by atoms with Crippen molar-refractivity contribution in [3.05, 3.63) is 35.4 Å². The lowest BCUT2D eigenvalue weighted by atomic mass is 9.78. The largest absolute Gasteiger partial charge is 0.383 e. The normalized spacial score (nSPS) is 17.6. The summed E-state index contributed by atoms with van der Waals surface area (Å²) in [5.74, 6) is 0.727. The second-order valence-corrected chi connectivity index (χ2v) is 4.55.